The van der Waals surface area contributed by atoms with Gasteiger partial charge in [0.15, 0.2) is 17.3 Å². The first-order chi connectivity index (χ1) is 19.1. The molecule has 0 bridgehead atoms. The molecular formula is C33H26O6. The van der Waals surface area contributed by atoms with E-state index >= 15 is 0 Å². The number of hydrogen-bond acceptors (Lipinski definition) is 6. The molecule has 0 saturated carbocycles. The molecule has 0 aliphatic heterocycles. The highest BCUT2D eigenvalue weighted by Crippen LogP contribution is 2.37. The van der Waals surface area contributed by atoms with Crippen LogP contribution in [0.15, 0.2) is 108 Å². The van der Waals surface area contributed by atoms with Gasteiger partial charge in [0, 0.05) is 16.5 Å². The lowest BCUT2D eigenvalue weighted by atomic mass is 10.1. The van der Waals surface area contributed by atoms with Gasteiger partial charge in [-0.3, -0.25) is 4.79 Å². The Bertz CT molecular complexity index is 1650. The van der Waals surface area contributed by atoms with Crippen molar-refractivity contribution in [1.29, 1.82) is 0 Å². The van der Waals surface area contributed by atoms with E-state index in [0.717, 1.165) is 11.1 Å². The summed E-state index contributed by atoms with van der Waals surface area (Å²) < 4.78 is 23.1. The van der Waals surface area contributed by atoms with Crippen LogP contribution in [0.4, 0.5) is 0 Å². The first-order valence-corrected chi connectivity index (χ1v) is 12.5. The number of ketones is 1. The SMILES string of the molecule is CCOc1ccc2oc(-c3ccccc3)c(C(=O)Oc3ccc(C=CC(=O)c4ccccc4)cc3OC)c2c1. The van der Waals surface area contributed by atoms with Crippen LogP contribution in [-0.4, -0.2) is 25.5 Å². The third kappa shape index (κ3) is 5.60. The van der Waals surface area contributed by atoms with Gasteiger partial charge in [0.1, 0.15) is 22.7 Å². The van der Waals surface area contributed by atoms with E-state index in [0.29, 0.717) is 40.4 Å². The van der Waals surface area contributed by atoms with Crippen LogP contribution in [0, 0.1) is 0 Å². The molecule has 5 aromatic rings. The number of esters is 1. The summed E-state index contributed by atoms with van der Waals surface area (Å²) in [7, 11) is 1.49. The van der Waals surface area contributed by atoms with Gasteiger partial charge in [0.2, 0.25) is 0 Å². The van der Waals surface area contributed by atoms with Crippen LogP contribution in [0.3, 0.4) is 0 Å². The minimum atomic E-state index is -0.595. The molecular weight excluding hydrogens is 492 g/mol. The Morgan fingerprint density at radius 3 is 2.31 bits per heavy atom. The summed E-state index contributed by atoms with van der Waals surface area (Å²) in [6, 6.07) is 28.9. The highest BCUT2D eigenvalue weighted by molar-refractivity contribution is 6.10. The zero-order valence-corrected chi connectivity index (χ0v) is 21.5. The fourth-order valence-electron chi connectivity index (χ4n) is 4.22. The second-order valence-corrected chi connectivity index (χ2v) is 8.63. The molecule has 194 valence electrons. The molecule has 0 radical (unpaired) electrons. The van der Waals surface area contributed by atoms with Gasteiger partial charge in [-0.15, -0.1) is 0 Å². The van der Waals surface area contributed by atoms with Crippen molar-refractivity contribution in [2.45, 2.75) is 6.92 Å². The summed E-state index contributed by atoms with van der Waals surface area (Å²) >= 11 is 0. The van der Waals surface area contributed by atoms with Crippen LogP contribution in [0.5, 0.6) is 17.2 Å². The average Bonchev–Trinajstić information content (AvgIpc) is 3.36. The van der Waals surface area contributed by atoms with E-state index in [4.69, 9.17) is 18.6 Å². The van der Waals surface area contributed by atoms with Gasteiger partial charge in [-0.2, -0.15) is 0 Å². The molecule has 0 aliphatic carbocycles. The Morgan fingerprint density at radius 2 is 1.59 bits per heavy atom. The lowest BCUT2D eigenvalue weighted by Crippen LogP contribution is -2.10. The number of ether oxygens (including phenoxy) is 3. The number of carbonyl (C=O) groups excluding carboxylic acids is 2. The van der Waals surface area contributed by atoms with Crippen molar-refractivity contribution in [3.05, 3.63) is 120 Å². The minimum Gasteiger partial charge on any atom is -0.494 e. The van der Waals surface area contributed by atoms with Crippen LogP contribution >= 0.6 is 0 Å². The topological polar surface area (TPSA) is 75.0 Å². The zero-order valence-electron chi connectivity index (χ0n) is 21.5. The fourth-order valence-corrected chi connectivity index (χ4v) is 4.22. The number of hydrogen-bond donors (Lipinski definition) is 0. The van der Waals surface area contributed by atoms with E-state index in [1.165, 1.54) is 13.2 Å². The first kappa shape index (κ1) is 25.5. The molecule has 0 aliphatic rings. The summed E-state index contributed by atoms with van der Waals surface area (Å²) in [6.45, 7) is 2.39. The first-order valence-electron chi connectivity index (χ1n) is 12.5. The number of allylic oxidation sites excluding steroid dienone is 1. The average molecular weight is 519 g/mol. The van der Waals surface area contributed by atoms with E-state index in [9.17, 15) is 9.59 Å². The van der Waals surface area contributed by atoms with Crippen molar-refractivity contribution in [3.63, 3.8) is 0 Å². The molecule has 6 nitrogen and oxygen atoms in total. The molecule has 5 rings (SSSR count). The number of methoxy groups -OCH3 is 1. The predicted molar refractivity (Wildman–Crippen MR) is 151 cm³/mol. The number of benzene rings is 4. The zero-order chi connectivity index (χ0) is 27.2. The van der Waals surface area contributed by atoms with Crippen LogP contribution < -0.4 is 14.2 Å². The third-order valence-electron chi connectivity index (χ3n) is 6.09. The molecule has 4 aromatic carbocycles. The molecule has 0 atom stereocenters. The van der Waals surface area contributed by atoms with Gasteiger partial charge < -0.3 is 18.6 Å². The highest BCUT2D eigenvalue weighted by atomic mass is 16.6. The molecule has 0 spiro atoms. The quantitative estimate of drug-likeness (QED) is 0.0865. The van der Waals surface area contributed by atoms with Crippen molar-refractivity contribution in [2.24, 2.45) is 0 Å². The van der Waals surface area contributed by atoms with Crippen molar-refractivity contribution in [3.8, 4) is 28.6 Å². The van der Waals surface area contributed by atoms with E-state index in [1.807, 2.05) is 55.5 Å². The summed E-state index contributed by atoms with van der Waals surface area (Å²) in [5.41, 5.74) is 2.89. The Morgan fingerprint density at radius 1 is 0.846 bits per heavy atom. The Labute approximate surface area is 226 Å². The summed E-state index contributed by atoms with van der Waals surface area (Å²) in [5, 5.41) is 0.586. The number of rotatable bonds is 9. The number of fused-ring (bicyclic) bond motifs is 1. The van der Waals surface area contributed by atoms with Gasteiger partial charge >= 0.3 is 5.97 Å². The number of carbonyl (C=O) groups is 2. The lowest BCUT2D eigenvalue weighted by Gasteiger charge is -2.11. The minimum absolute atomic E-state index is 0.114. The van der Waals surface area contributed by atoms with E-state index in [2.05, 4.69) is 0 Å². The Balaban J connectivity index is 1.47. The van der Waals surface area contributed by atoms with Crippen molar-refractivity contribution >= 4 is 28.8 Å². The monoisotopic (exact) mass is 518 g/mol. The second kappa shape index (κ2) is 11.5. The summed E-state index contributed by atoms with van der Waals surface area (Å²) in [5.74, 6) is 0.907. The van der Waals surface area contributed by atoms with Crippen LogP contribution in [-0.2, 0) is 0 Å². The van der Waals surface area contributed by atoms with Crippen molar-refractivity contribution in [2.75, 3.05) is 13.7 Å². The maximum atomic E-state index is 13.6. The second-order valence-electron chi connectivity index (χ2n) is 8.63. The summed E-state index contributed by atoms with van der Waals surface area (Å²) in [4.78, 5) is 26.1. The van der Waals surface area contributed by atoms with Crippen LogP contribution in [0.25, 0.3) is 28.4 Å². The lowest BCUT2D eigenvalue weighted by molar-refractivity contribution is 0.0731. The van der Waals surface area contributed by atoms with Gasteiger partial charge in [-0.05, 0) is 48.9 Å². The largest absolute Gasteiger partial charge is 0.494 e. The molecule has 1 heterocycles. The molecule has 1 aromatic heterocycles. The van der Waals surface area contributed by atoms with E-state index in [-0.39, 0.29) is 17.1 Å². The fraction of sp³-hybridized carbons (Fsp3) is 0.0909. The van der Waals surface area contributed by atoms with Crippen LogP contribution in [0.1, 0.15) is 33.2 Å². The standard InChI is InChI=1S/C33H26O6/c1-3-37-25-16-19-28-26(21-25)31(32(38-28)24-12-8-5-9-13-24)33(35)39-29-18-15-22(20-30(29)36-2)14-17-27(34)23-10-6-4-7-11-23/h4-21H,3H2,1-2H3. The van der Waals surface area contributed by atoms with Crippen molar-refractivity contribution < 1.29 is 28.2 Å². The van der Waals surface area contributed by atoms with E-state index in [1.54, 1.807) is 54.6 Å². The summed E-state index contributed by atoms with van der Waals surface area (Å²) in [6.07, 6.45) is 3.19. The smallest absolute Gasteiger partial charge is 0.348 e. The molecule has 0 unspecified atom stereocenters. The maximum absolute atomic E-state index is 13.6. The number of furan rings is 1. The molecule has 0 amide bonds. The van der Waals surface area contributed by atoms with Crippen LogP contribution in [0.2, 0.25) is 0 Å². The van der Waals surface area contributed by atoms with E-state index < -0.39 is 5.97 Å². The Kier molecular flexibility index (Phi) is 7.55. The van der Waals surface area contributed by atoms with Gasteiger partial charge in [-0.25, -0.2) is 4.79 Å². The molecule has 6 heteroatoms. The highest BCUT2D eigenvalue weighted by Gasteiger charge is 2.25. The third-order valence-corrected chi connectivity index (χ3v) is 6.09. The van der Waals surface area contributed by atoms with Gasteiger partial charge in [0.25, 0.3) is 0 Å². The molecule has 0 saturated heterocycles. The van der Waals surface area contributed by atoms with Gasteiger partial charge in [-0.1, -0.05) is 72.8 Å². The van der Waals surface area contributed by atoms with Crippen molar-refractivity contribution in [1.82, 2.24) is 0 Å². The predicted octanol–water partition coefficient (Wildman–Crippen LogP) is 7.62. The molecule has 39 heavy (non-hydrogen) atoms. The Hall–Kier alpha value is -5.10. The van der Waals surface area contributed by atoms with Gasteiger partial charge in [0.05, 0.1) is 13.7 Å². The molecule has 0 N–H and O–H groups in total. The maximum Gasteiger partial charge on any atom is 0.348 e. The molecule has 0 fully saturated rings. The normalized spacial score (nSPS) is 11.0.